The monoisotopic (exact) mass is 641 g/mol. The summed E-state index contributed by atoms with van der Waals surface area (Å²) in [7, 11) is 1.63. The molecule has 3 atom stereocenters. The van der Waals surface area contributed by atoms with Crippen LogP contribution < -0.4 is 20.9 Å². The molecule has 1 saturated carbocycles. The molecule has 2 aromatic carbocycles. The number of carbonyl (C=O) groups excluding carboxylic acids is 3. The molecule has 1 aliphatic heterocycles. The van der Waals surface area contributed by atoms with Crippen LogP contribution in [0.15, 0.2) is 60.7 Å². The number of nitrogens with zero attached hydrogens (tertiary/aromatic N) is 2. The summed E-state index contributed by atoms with van der Waals surface area (Å²) in [6.45, 7) is 8.65. The van der Waals surface area contributed by atoms with E-state index in [4.69, 9.17) is 14.5 Å². The van der Waals surface area contributed by atoms with Crippen molar-refractivity contribution in [3.05, 3.63) is 77.6 Å². The van der Waals surface area contributed by atoms with Gasteiger partial charge in [-0.25, -0.2) is 4.79 Å². The summed E-state index contributed by atoms with van der Waals surface area (Å²) < 4.78 is 10.4. The van der Waals surface area contributed by atoms with Gasteiger partial charge in [-0.1, -0.05) is 37.1 Å². The van der Waals surface area contributed by atoms with Crippen molar-refractivity contribution in [1.29, 1.82) is 0 Å². The molecule has 1 aromatic heterocycles. The average molecular weight is 642 g/mol. The highest BCUT2D eigenvalue weighted by atomic mass is 16.6. The molecule has 2 fully saturated rings. The summed E-state index contributed by atoms with van der Waals surface area (Å²) >= 11 is 0. The molecule has 0 bridgehead atoms. The van der Waals surface area contributed by atoms with Gasteiger partial charge in [-0.15, -0.1) is 0 Å². The SMILES string of the molecule is COCCNC(=O)[C@@H]1C[C@@H]2CCCC[C@@H]2N1c1cc(C)nc(CNC(=O)c2ccc(-c3ccc(NC(=O)OC(C)(C)C)cc3)cc2)c1. The Kier molecular flexibility index (Phi) is 10.8. The summed E-state index contributed by atoms with van der Waals surface area (Å²) in [6.07, 6.45) is 4.93. The minimum Gasteiger partial charge on any atom is -0.444 e. The minimum absolute atomic E-state index is 0.0395. The van der Waals surface area contributed by atoms with E-state index in [2.05, 4.69) is 26.9 Å². The van der Waals surface area contributed by atoms with Gasteiger partial charge in [0.05, 0.1) is 18.8 Å². The Bertz CT molecular complexity index is 1550. The second-order valence-electron chi connectivity index (χ2n) is 13.5. The largest absolute Gasteiger partial charge is 0.444 e. The Hall–Kier alpha value is -4.44. The number of pyridine rings is 1. The molecule has 3 N–H and O–H groups in total. The van der Waals surface area contributed by atoms with Gasteiger partial charge in [0.2, 0.25) is 5.91 Å². The van der Waals surface area contributed by atoms with E-state index in [1.54, 1.807) is 19.2 Å². The number of rotatable bonds is 10. The zero-order chi connectivity index (χ0) is 33.6. The lowest BCUT2D eigenvalue weighted by molar-refractivity contribution is -0.122. The normalized spacial score (nSPS) is 19.1. The van der Waals surface area contributed by atoms with Crippen molar-refractivity contribution in [2.75, 3.05) is 30.5 Å². The quantitative estimate of drug-likeness (QED) is 0.224. The number of benzene rings is 2. The van der Waals surface area contributed by atoms with Gasteiger partial charge in [0, 0.05) is 42.3 Å². The van der Waals surface area contributed by atoms with Crippen LogP contribution >= 0.6 is 0 Å². The van der Waals surface area contributed by atoms with E-state index >= 15 is 0 Å². The fourth-order valence-electron chi connectivity index (χ4n) is 6.67. The lowest BCUT2D eigenvalue weighted by Crippen LogP contribution is -2.47. The third kappa shape index (κ3) is 8.88. The van der Waals surface area contributed by atoms with Gasteiger partial charge >= 0.3 is 6.09 Å². The Labute approximate surface area is 277 Å². The van der Waals surface area contributed by atoms with Crippen LogP contribution in [-0.4, -0.2) is 60.8 Å². The zero-order valence-corrected chi connectivity index (χ0v) is 28.1. The van der Waals surface area contributed by atoms with Gasteiger partial charge in [-0.2, -0.15) is 0 Å². The van der Waals surface area contributed by atoms with Crippen LogP contribution in [0.5, 0.6) is 0 Å². The number of nitrogens with one attached hydrogen (secondary N) is 3. The molecule has 1 saturated heterocycles. The molecule has 1 aliphatic carbocycles. The predicted octanol–water partition coefficient (Wildman–Crippen LogP) is 6.23. The van der Waals surface area contributed by atoms with Crippen molar-refractivity contribution < 1.29 is 23.9 Å². The average Bonchev–Trinajstić information content (AvgIpc) is 3.43. The molecule has 0 spiro atoms. The Morgan fingerprint density at radius 1 is 0.936 bits per heavy atom. The minimum atomic E-state index is -0.572. The van der Waals surface area contributed by atoms with Crippen molar-refractivity contribution in [2.45, 2.75) is 84.0 Å². The number of carbonyl (C=O) groups is 3. The fraction of sp³-hybridized carbons (Fsp3) is 0.459. The number of hydrogen-bond donors (Lipinski definition) is 3. The molecule has 2 heterocycles. The first kappa shape index (κ1) is 33.9. The van der Waals surface area contributed by atoms with E-state index in [9.17, 15) is 14.4 Å². The van der Waals surface area contributed by atoms with Crippen molar-refractivity contribution in [1.82, 2.24) is 15.6 Å². The maximum Gasteiger partial charge on any atom is 0.412 e. The van der Waals surface area contributed by atoms with Crippen molar-refractivity contribution in [3.63, 3.8) is 0 Å². The summed E-state index contributed by atoms with van der Waals surface area (Å²) in [5.41, 5.74) is 5.10. The summed E-state index contributed by atoms with van der Waals surface area (Å²) in [4.78, 5) is 45.5. The molecule has 10 heteroatoms. The molecule has 0 radical (unpaired) electrons. The van der Waals surface area contributed by atoms with E-state index in [1.165, 1.54) is 6.42 Å². The highest BCUT2D eigenvalue weighted by Crippen LogP contribution is 2.42. The Morgan fingerprint density at radius 3 is 2.30 bits per heavy atom. The van der Waals surface area contributed by atoms with Crippen LogP contribution in [0.2, 0.25) is 0 Å². The Morgan fingerprint density at radius 2 is 1.62 bits per heavy atom. The van der Waals surface area contributed by atoms with E-state index in [0.717, 1.165) is 53.9 Å². The van der Waals surface area contributed by atoms with Gasteiger partial charge in [0.1, 0.15) is 11.6 Å². The number of methoxy groups -OCH3 is 1. The molecule has 47 heavy (non-hydrogen) atoms. The maximum atomic E-state index is 13.3. The Balaban J connectivity index is 1.22. The topological polar surface area (TPSA) is 122 Å². The number of fused-ring (bicyclic) bond motifs is 1. The number of aryl methyl sites for hydroxylation is 1. The number of aromatic nitrogens is 1. The van der Waals surface area contributed by atoms with Gasteiger partial charge in [-0.05, 0) is 100 Å². The lowest BCUT2D eigenvalue weighted by atomic mass is 9.84. The molecule has 0 unspecified atom stereocenters. The van der Waals surface area contributed by atoms with E-state index in [1.807, 2.05) is 70.2 Å². The van der Waals surface area contributed by atoms with Gasteiger partial charge in [0.25, 0.3) is 5.91 Å². The van der Waals surface area contributed by atoms with E-state index in [-0.39, 0.29) is 24.4 Å². The smallest absolute Gasteiger partial charge is 0.412 e. The summed E-state index contributed by atoms with van der Waals surface area (Å²) in [5, 5.41) is 8.81. The first-order chi connectivity index (χ1) is 22.5. The predicted molar refractivity (Wildman–Crippen MR) is 183 cm³/mol. The third-order valence-corrected chi connectivity index (χ3v) is 8.73. The van der Waals surface area contributed by atoms with Crippen molar-refractivity contribution in [3.8, 4) is 11.1 Å². The number of hydrogen-bond acceptors (Lipinski definition) is 7. The lowest BCUT2D eigenvalue weighted by Gasteiger charge is -2.35. The third-order valence-electron chi connectivity index (χ3n) is 8.73. The standard InChI is InChI=1S/C37H47N5O5/c1-24-20-31(42-32-9-7-6-8-28(32)21-33(42)35(44)38-18-19-46-5)22-30(40-24)23-39-34(43)27-12-10-25(11-13-27)26-14-16-29(17-15-26)41-36(45)47-37(2,3)4/h10-17,20,22,28,32-33H,6-9,18-19,21,23H2,1-5H3,(H,38,44)(H,39,43)(H,41,45)/t28-,32-,33-/m0/s1. The maximum absolute atomic E-state index is 13.3. The molecule has 2 aliphatic rings. The van der Waals surface area contributed by atoms with Crippen LogP contribution in [0.4, 0.5) is 16.2 Å². The van der Waals surface area contributed by atoms with Gasteiger partial charge < -0.3 is 25.0 Å². The first-order valence-corrected chi connectivity index (χ1v) is 16.5. The molecule has 10 nitrogen and oxygen atoms in total. The van der Waals surface area contributed by atoms with Crippen LogP contribution in [0.3, 0.4) is 0 Å². The van der Waals surface area contributed by atoms with Crippen LogP contribution in [-0.2, 0) is 20.8 Å². The number of amides is 3. The molecule has 3 aromatic rings. The van der Waals surface area contributed by atoms with Crippen LogP contribution in [0.25, 0.3) is 11.1 Å². The summed E-state index contributed by atoms with van der Waals surface area (Å²) in [5.74, 6) is 0.341. The van der Waals surface area contributed by atoms with Crippen LogP contribution in [0, 0.1) is 12.8 Å². The molecular formula is C37H47N5O5. The van der Waals surface area contributed by atoms with E-state index < -0.39 is 11.7 Å². The molecule has 250 valence electrons. The van der Waals surface area contributed by atoms with Crippen LogP contribution in [0.1, 0.15) is 74.6 Å². The number of ether oxygens (including phenoxy) is 2. The van der Waals surface area contributed by atoms with E-state index in [0.29, 0.717) is 36.4 Å². The zero-order valence-electron chi connectivity index (χ0n) is 28.1. The van der Waals surface area contributed by atoms with Gasteiger partial charge in [0.15, 0.2) is 0 Å². The van der Waals surface area contributed by atoms with Crippen molar-refractivity contribution >= 4 is 29.3 Å². The number of anilines is 2. The highest BCUT2D eigenvalue weighted by Gasteiger charge is 2.45. The second kappa shape index (κ2) is 15.0. The van der Waals surface area contributed by atoms with Gasteiger partial charge in [-0.3, -0.25) is 19.9 Å². The molecule has 5 rings (SSSR count). The first-order valence-electron chi connectivity index (χ1n) is 16.5. The second-order valence-corrected chi connectivity index (χ2v) is 13.5. The molecular weight excluding hydrogens is 594 g/mol. The highest BCUT2D eigenvalue weighted by molar-refractivity contribution is 5.94. The summed E-state index contributed by atoms with van der Waals surface area (Å²) in [6, 6.07) is 19.0. The van der Waals surface area contributed by atoms with Crippen molar-refractivity contribution in [2.24, 2.45) is 5.92 Å². The molecule has 3 amide bonds. The fourth-order valence-corrected chi connectivity index (χ4v) is 6.67.